The molecule has 1 aliphatic carbocycles. The number of nitriles is 1. The first-order valence-electron chi connectivity index (χ1n) is 5.30. The van der Waals surface area contributed by atoms with Gasteiger partial charge in [0.2, 0.25) is 0 Å². The van der Waals surface area contributed by atoms with Crippen LogP contribution in [0.5, 0.6) is 0 Å². The summed E-state index contributed by atoms with van der Waals surface area (Å²) in [6.07, 6.45) is 4.88. The molecule has 1 atom stereocenters. The van der Waals surface area contributed by atoms with Crippen LogP contribution < -0.4 is 5.32 Å². The number of nitrogens with one attached hydrogen (secondary N) is 1. The van der Waals surface area contributed by atoms with E-state index in [-0.39, 0.29) is 6.10 Å². The average Bonchev–Trinajstić information content (AvgIpc) is 2.68. The topological polar surface area (TPSA) is 68.4 Å². The number of nitrogens with zero attached hydrogens (tertiary/aromatic N) is 2. The zero-order valence-electron chi connectivity index (χ0n) is 9.47. The monoisotopic (exact) mass is 247 g/mol. The van der Waals surface area contributed by atoms with E-state index in [2.05, 4.69) is 10.3 Å². The van der Waals surface area contributed by atoms with Crippen LogP contribution in [-0.2, 0) is 12.8 Å². The van der Waals surface area contributed by atoms with Crippen LogP contribution in [-0.4, -0.2) is 22.6 Å². The smallest absolute Gasteiger partial charge is 0.183 e. The Labute approximate surface area is 104 Å². The molecule has 0 saturated carbocycles. The normalized spacial score (nSPS) is 18.6. The number of amidine groups is 1. The number of hydrogen-bond donors (Lipinski definition) is 2. The van der Waals surface area contributed by atoms with Gasteiger partial charge in [0.1, 0.15) is 0 Å². The molecule has 17 heavy (non-hydrogen) atoms. The van der Waals surface area contributed by atoms with Crippen molar-refractivity contribution in [1.29, 1.82) is 5.26 Å². The number of thioether (sulfide) groups is 1. The molecular weight excluding hydrogens is 234 g/mol. The summed E-state index contributed by atoms with van der Waals surface area (Å²) in [5.41, 5.74) is 3.15. The summed E-state index contributed by atoms with van der Waals surface area (Å²) >= 11 is 1.39. The molecule has 5 heteroatoms. The van der Waals surface area contributed by atoms with Crippen molar-refractivity contribution in [3.05, 3.63) is 29.3 Å². The van der Waals surface area contributed by atoms with Crippen molar-refractivity contribution in [3.63, 3.8) is 0 Å². The van der Waals surface area contributed by atoms with Crippen molar-refractivity contribution in [2.24, 2.45) is 4.99 Å². The Bertz CT molecular complexity index is 493. The van der Waals surface area contributed by atoms with Crippen molar-refractivity contribution in [1.82, 2.24) is 5.32 Å². The van der Waals surface area contributed by atoms with Crippen molar-refractivity contribution in [2.45, 2.75) is 18.9 Å². The van der Waals surface area contributed by atoms with E-state index in [1.54, 1.807) is 0 Å². The van der Waals surface area contributed by atoms with E-state index >= 15 is 0 Å². The van der Waals surface area contributed by atoms with Crippen LogP contribution in [0.1, 0.15) is 11.1 Å². The SMILES string of the molecule is CSC(=Nc1ccc2c(c1)CC(O)C2)NC#N. The molecule has 1 aromatic rings. The number of aliphatic hydroxyl groups excluding tert-OH is 1. The first-order chi connectivity index (χ1) is 8.22. The molecule has 0 aromatic heterocycles. The van der Waals surface area contributed by atoms with Gasteiger partial charge in [-0.1, -0.05) is 17.8 Å². The third-order valence-corrected chi connectivity index (χ3v) is 3.27. The fourth-order valence-electron chi connectivity index (χ4n) is 1.94. The van der Waals surface area contributed by atoms with Gasteiger partial charge in [-0.25, -0.2) is 4.99 Å². The van der Waals surface area contributed by atoms with Gasteiger partial charge in [-0.2, -0.15) is 5.26 Å². The number of fused-ring (bicyclic) bond motifs is 1. The van der Waals surface area contributed by atoms with Crippen LogP contribution in [0.2, 0.25) is 0 Å². The van der Waals surface area contributed by atoms with Crippen molar-refractivity contribution in [2.75, 3.05) is 6.26 Å². The van der Waals surface area contributed by atoms with Gasteiger partial charge in [0, 0.05) is 0 Å². The second-order valence-electron chi connectivity index (χ2n) is 3.87. The number of benzene rings is 1. The van der Waals surface area contributed by atoms with Crippen molar-refractivity contribution < 1.29 is 5.11 Å². The Morgan fingerprint density at radius 2 is 2.29 bits per heavy atom. The van der Waals surface area contributed by atoms with E-state index in [9.17, 15) is 5.11 Å². The zero-order valence-corrected chi connectivity index (χ0v) is 10.3. The lowest BCUT2D eigenvalue weighted by atomic mass is 10.1. The molecule has 0 amide bonds. The number of aliphatic hydroxyl groups is 1. The van der Waals surface area contributed by atoms with Gasteiger partial charge >= 0.3 is 0 Å². The van der Waals surface area contributed by atoms with E-state index in [0.717, 1.165) is 17.7 Å². The lowest BCUT2D eigenvalue weighted by molar-refractivity contribution is 0.187. The lowest BCUT2D eigenvalue weighted by Gasteiger charge is -2.02. The average molecular weight is 247 g/mol. The highest BCUT2D eigenvalue weighted by molar-refractivity contribution is 8.13. The predicted octanol–water partition coefficient (Wildman–Crippen LogP) is 1.57. The summed E-state index contributed by atoms with van der Waals surface area (Å²) in [5, 5.41) is 21.2. The largest absolute Gasteiger partial charge is 0.392 e. The number of hydrogen-bond acceptors (Lipinski definition) is 4. The van der Waals surface area contributed by atoms with Gasteiger partial charge in [0.05, 0.1) is 11.8 Å². The summed E-state index contributed by atoms with van der Waals surface area (Å²) in [4.78, 5) is 4.33. The molecule has 88 valence electrons. The van der Waals surface area contributed by atoms with Crippen LogP contribution in [0.25, 0.3) is 0 Å². The molecule has 2 rings (SSSR count). The predicted molar refractivity (Wildman–Crippen MR) is 69.2 cm³/mol. The van der Waals surface area contributed by atoms with E-state index in [1.807, 2.05) is 30.6 Å². The highest BCUT2D eigenvalue weighted by Gasteiger charge is 2.19. The molecule has 0 heterocycles. The van der Waals surface area contributed by atoms with E-state index < -0.39 is 0 Å². The van der Waals surface area contributed by atoms with Gasteiger partial charge in [0.25, 0.3) is 0 Å². The van der Waals surface area contributed by atoms with E-state index in [1.165, 1.54) is 17.3 Å². The Morgan fingerprint density at radius 1 is 1.53 bits per heavy atom. The first-order valence-corrected chi connectivity index (χ1v) is 6.53. The Hall–Kier alpha value is -1.51. The molecule has 2 N–H and O–H groups in total. The molecule has 4 nitrogen and oxygen atoms in total. The van der Waals surface area contributed by atoms with Crippen LogP contribution in [0.4, 0.5) is 5.69 Å². The number of rotatable bonds is 1. The van der Waals surface area contributed by atoms with Crippen molar-refractivity contribution in [3.8, 4) is 6.19 Å². The molecule has 0 radical (unpaired) electrons. The lowest BCUT2D eigenvalue weighted by Crippen LogP contribution is -2.12. The molecule has 1 unspecified atom stereocenters. The minimum absolute atomic E-state index is 0.263. The second kappa shape index (κ2) is 5.21. The maximum absolute atomic E-state index is 9.56. The van der Waals surface area contributed by atoms with Gasteiger partial charge in [-0.15, -0.1) is 0 Å². The minimum atomic E-state index is -0.263. The second-order valence-corrected chi connectivity index (χ2v) is 4.67. The zero-order chi connectivity index (χ0) is 12.3. The summed E-state index contributed by atoms with van der Waals surface area (Å²) in [7, 11) is 0. The summed E-state index contributed by atoms with van der Waals surface area (Å²) in [6.45, 7) is 0. The molecule has 0 fully saturated rings. The third-order valence-electron chi connectivity index (χ3n) is 2.69. The molecule has 1 aromatic carbocycles. The first kappa shape index (κ1) is 12.0. The highest BCUT2D eigenvalue weighted by Crippen LogP contribution is 2.27. The molecule has 0 saturated heterocycles. The maximum Gasteiger partial charge on any atom is 0.183 e. The van der Waals surface area contributed by atoms with E-state index in [0.29, 0.717) is 11.6 Å². The Balaban J connectivity index is 2.24. The van der Waals surface area contributed by atoms with Crippen LogP contribution in [0, 0.1) is 11.5 Å². The summed E-state index contributed by atoms with van der Waals surface area (Å²) < 4.78 is 0. The van der Waals surface area contributed by atoms with E-state index in [4.69, 9.17) is 5.26 Å². The Morgan fingerprint density at radius 3 is 3.00 bits per heavy atom. The fraction of sp³-hybridized carbons (Fsp3) is 0.333. The quantitative estimate of drug-likeness (QED) is 0.342. The van der Waals surface area contributed by atoms with Crippen LogP contribution >= 0.6 is 11.8 Å². The molecular formula is C12H13N3OS. The molecule has 0 aliphatic heterocycles. The van der Waals surface area contributed by atoms with Gasteiger partial charge < -0.3 is 5.11 Å². The standard InChI is InChI=1S/C12H13N3OS/c1-17-12(14-7-13)15-10-3-2-8-5-11(16)6-9(8)4-10/h2-4,11,16H,5-6H2,1H3,(H,14,15). The maximum atomic E-state index is 9.56. The van der Waals surface area contributed by atoms with Crippen molar-refractivity contribution >= 4 is 22.6 Å². The summed E-state index contributed by atoms with van der Waals surface area (Å²) in [5.74, 6) is 0. The Kier molecular flexibility index (Phi) is 3.67. The van der Waals surface area contributed by atoms with Gasteiger partial charge in [0.15, 0.2) is 11.4 Å². The highest BCUT2D eigenvalue weighted by atomic mass is 32.2. The van der Waals surface area contributed by atoms with Crippen LogP contribution in [0.3, 0.4) is 0 Å². The van der Waals surface area contributed by atoms with Gasteiger partial charge in [-0.3, -0.25) is 5.32 Å². The number of aliphatic imine (C=N–C) groups is 1. The van der Waals surface area contributed by atoms with Gasteiger partial charge in [-0.05, 0) is 42.4 Å². The fourth-order valence-corrected chi connectivity index (χ4v) is 2.29. The third kappa shape index (κ3) is 2.78. The minimum Gasteiger partial charge on any atom is -0.392 e. The summed E-state index contributed by atoms with van der Waals surface area (Å²) in [6, 6.07) is 5.88. The molecule has 1 aliphatic rings. The van der Waals surface area contributed by atoms with Crippen LogP contribution in [0.15, 0.2) is 23.2 Å². The molecule has 0 spiro atoms. The molecule has 0 bridgehead atoms.